The van der Waals surface area contributed by atoms with Crippen LogP contribution in [0.3, 0.4) is 0 Å². The van der Waals surface area contributed by atoms with Gasteiger partial charge in [0.1, 0.15) is 0 Å². The molecule has 0 aromatic heterocycles. The van der Waals surface area contributed by atoms with Crippen molar-refractivity contribution in [3.05, 3.63) is 28.8 Å². The van der Waals surface area contributed by atoms with Gasteiger partial charge in [-0.15, -0.1) is 12.4 Å². The number of carboxylic acid groups (broad SMARTS) is 1. The van der Waals surface area contributed by atoms with Crippen molar-refractivity contribution in [3.63, 3.8) is 0 Å². The van der Waals surface area contributed by atoms with Crippen molar-refractivity contribution in [2.24, 2.45) is 0 Å². The van der Waals surface area contributed by atoms with Crippen molar-refractivity contribution in [1.82, 2.24) is 0 Å². The van der Waals surface area contributed by atoms with E-state index in [1.165, 1.54) is 0 Å². The summed E-state index contributed by atoms with van der Waals surface area (Å²) in [7, 11) is 0. The monoisotopic (exact) mass is 229 g/mol. The first-order chi connectivity index (χ1) is 6.61. The van der Waals surface area contributed by atoms with Crippen molar-refractivity contribution >= 4 is 24.1 Å². The molecule has 0 aliphatic heterocycles. The van der Waals surface area contributed by atoms with Crippen LogP contribution in [0.15, 0.2) is 12.1 Å². The molecule has 0 fully saturated rings. The molecule has 0 saturated carbocycles. The van der Waals surface area contributed by atoms with E-state index < -0.39 is 5.97 Å². The van der Waals surface area contributed by atoms with Crippen LogP contribution in [-0.4, -0.2) is 11.1 Å². The molecule has 4 heteroatoms. The first kappa shape index (κ1) is 13.8. The number of anilines is 1. The number of aryl methyl sites for hydroxylation is 2. The molecular formula is C11H16ClNO2. The number of carboxylic acids is 1. The third-order valence-corrected chi connectivity index (χ3v) is 2.40. The molecule has 0 aliphatic rings. The molecule has 84 valence electrons. The smallest absolute Gasteiger partial charge is 0.338 e. The SMILES string of the molecule is CCc1ccc(CC)c(C(=O)O)c1N.Cl. The number of aromatic carboxylic acids is 1. The van der Waals surface area contributed by atoms with Gasteiger partial charge in [0, 0.05) is 5.69 Å². The zero-order valence-corrected chi connectivity index (χ0v) is 9.73. The fraction of sp³-hybridized carbons (Fsp3) is 0.364. The summed E-state index contributed by atoms with van der Waals surface area (Å²) in [5, 5.41) is 9.02. The molecule has 1 aromatic carbocycles. The number of nitrogen functional groups attached to an aromatic ring is 1. The molecule has 15 heavy (non-hydrogen) atoms. The average molecular weight is 230 g/mol. The maximum absolute atomic E-state index is 11.0. The zero-order chi connectivity index (χ0) is 10.7. The molecular weight excluding hydrogens is 214 g/mol. The second kappa shape index (κ2) is 5.61. The molecule has 0 heterocycles. The minimum absolute atomic E-state index is 0. The van der Waals surface area contributed by atoms with Gasteiger partial charge >= 0.3 is 5.97 Å². The van der Waals surface area contributed by atoms with Crippen LogP contribution in [0.2, 0.25) is 0 Å². The van der Waals surface area contributed by atoms with E-state index in [0.717, 1.165) is 17.5 Å². The van der Waals surface area contributed by atoms with Gasteiger partial charge in [-0.3, -0.25) is 0 Å². The number of carbonyl (C=O) groups is 1. The number of nitrogens with two attached hydrogens (primary N) is 1. The highest BCUT2D eigenvalue weighted by Crippen LogP contribution is 2.22. The highest BCUT2D eigenvalue weighted by molar-refractivity contribution is 5.96. The maximum atomic E-state index is 11.0. The fourth-order valence-corrected chi connectivity index (χ4v) is 1.56. The van der Waals surface area contributed by atoms with Crippen molar-refractivity contribution < 1.29 is 9.90 Å². The van der Waals surface area contributed by atoms with Gasteiger partial charge in [-0.25, -0.2) is 4.79 Å². The largest absolute Gasteiger partial charge is 0.478 e. The molecule has 1 aromatic rings. The molecule has 3 nitrogen and oxygen atoms in total. The Morgan fingerprint density at radius 2 is 1.73 bits per heavy atom. The summed E-state index contributed by atoms with van der Waals surface area (Å²) in [5.74, 6) is -0.936. The minimum Gasteiger partial charge on any atom is -0.478 e. The average Bonchev–Trinajstić information content (AvgIpc) is 2.16. The standard InChI is InChI=1S/C11H15NO2.ClH/c1-3-7-5-6-8(4-2)10(12)9(7)11(13)14;/h5-6H,3-4,12H2,1-2H3,(H,13,14);1H. The van der Waals surface area contributed by atoms with Gasteiger partial charge in [-0.2, -0.15) is 0 Å². The van der Waals surface area contributed by atoms with Crippen LogP contribution in [-0.2, 0) is 12.8 Å². The lowest BCUT2D eigenvalue weighted by Gasteiger charge is -2.10. The van der Waals surface area contributed by atoms with Crippen molar-refractivity contribution in [2.75, 3.05) is 5.73 Å². The van der Waals surface area contributed by atoms with Crippen LogP contribution in [0.1, 0.15) is 35.3 Å². The van der Waals surface area contributed by atoms with E-state index in [2.05, 4.69) is 0 Å². The van der Waals surface area contributed by atoms with Gasteiger partial charge in [0.25, 0.3) is 0 Å². The normalized spacial score (nSPS) is 9.47. The molecule has 0 atom stereocenters. The number of hydrogen-bond donors (Lipinski definition) is 2. The minimum atomic E-state index is -0.936. The Hall–Kier alpha value is -1.22. The van der Waals surface area contributed by atoms with Gasteiger partial charge in [0.2, 0.25) is 0 Å². The molecule has 1 rings (SSSR count). The molecule has 0 amide bonds. The highest BCUT2D eigenvalue weighted by Gasteiger charge is 2.14. The van der Waals surface area contributed by atoms with Crippen molar-refractivity contribution in [2.45, 2.75) is 26.7 Å². The number of hydrogen-bond acceptors (Lipinski definition) is 2. The van der Waals surface area contributed by atoms with Crippen LogP contribution in [0.25, 0.3) is 0 Å². The predicted octanol–water partition coefficient (Wildman–Crippen LogP) is 2.51. The summed E-state index contributed by atoms with van der Waals surface area (Å²) in [4.78, 5) is 11.0. The second-order valence-electron chi connectivity index (χ2n) is 3.18. The van der Waals surface area contributed by atoms with E-state index >= 15 is 0 Å². The van der Waals surface area contributed by atoms with Gasteiger partial charge in [-0.1, -0.05) is 26.0 Å². The Morgan fingerprint density at radius 1 is 1.27 bits per heavy atom. The molecule has 0 bridgehead atoms. The first-order valence-corrected chi connectivity index (χ1v) is 4.75. The summed E-state index contributed by atoms with van der Waals surface area (Å²) in [5.41, 5.74) is 8.18. The van der Waals surface area contributed by atoms with Crippen molar-refractivity contribution in [3.8, 4) is 0 Å². The van der Waals surface area contributed by atoms with E-state index in [1.54, 1.807) is 0 Å². The molecule has 0 radical (unpaired) electrons. The number of halogens is 1. The van der Waals surface area contributed by atoms with Crippen LogP contribution < -0.4 is 5.73 Å². The van der Waals surface area contributed by atoms with E-state index in [9.17, 15) is 4.79 Å². The molecule has 0 unspecified atom stereocenters. The Balaban J connectivity index is 0.00000196. The zero-order valence-electron chi connectivity index (χ0n) is 8.91. The Bertz CT molecular complexity index is 364. The van der Waals surface area contributed by atoms with E-state index in [0.29, 0.717) is 12.1 Å². The topological polar surface area (TPSA) is 63.3 Å². The maximum Gasteiger partial charge on any atom is 0.338 e. The van der Waals surface area contributed by atoms with E-state index in [-0.39, 0.29) is 18.0 Å². The highest BCUT2D eigenvalue weighted by atomic mass is 35.5. The summed E-state index contributed by atoms with van der Waals surface area (Å²) in [6, 6.07) is 3.75. The lowest BCUT2D eigenvalue weighted by atomic mass is 9.98. The second-order valence-corrected chi connectivity index (χ2v) is 3.18. The van der Waals surface area contributed by atoms with Gasteiger partial charge in [-0.05, 0) is 24.0 Å². The Morgan fingerprint density at radius 3 is 2.13 bits per heavy atom. The first-order valence-electron chi connectivity index (χ1n) is 4.75. The summed E-state index contributed by atoms with van der Waals surface area (Å²) < 4.78 is 0. The van der Waals surface area contributed by atoms with E-state index in [1.807, 2.05) is 26.0 Å². The lowest BCUT2D eigenvalue weighted by molar-refractivity contribution is 0.0697. The fourth-order valence-electron chi connectivity index (χ4n) is 1.56. The number of benzene rings is 1. The van der Waals surface area contributed by atoms with Crippen LogP contribution in [0, 0.1) is 0 Å². The Labute approximate surface area is 95.7 Å². The van der Waals surface area contributed by atoms with Gasteiger partial charge in [0.05, 0.1) is 5.56 Å². The quantitative estimate of drug-likeness (QED) is 0.783. The van der Waals surface area contributed by atoms with Crippen LogP contribution >= 0.6 is 12.4 Å². The third kappa shape index (κ3) is 2.63. The predicted molar refractivity (Wildman–Crippen MR) is 63.8 cm³/mol. The number of rotatable bonds is 3. The van der Waals surface area contributed by atoms with Gasteiger partial charge < -0.3 is 10.8 Å². The van der Waals surface area contributed by atoms with E-state index in [4.69, 9.17) is 10.8 Å². The summed E-state index contributed by atoms with van der Waals surface area (Å²) in [6.07, 6.45) is 1.45. The summed E-state index contributed by atoms with van der Waals surface area (Å²) in [6.45, 7) is 3.88. The lowest BCUT2D eigenvalue weighted by Crippen LogP contribution is -2.09. The van der Waals surface area contributed by atoms with Crippen LogP contribution in [0.4, 0.5) is 5.69 Å². The molecule has 3 N–H and O–H groups in total. The van der Waals surface area contributed by atoms with Crippen molar-refractivity contribution in [1.29, 1.82) is 0 Å². The molecule has 0 spiro atoms. The summed E-state index contributed by atoms with van der Waals surface area (Å²) >= 11 is 0. The third-order valence-electron chi connectivity index (χ3n) is 2.40. The van der Waals surface area contributed by atoms with Crippen LogP contribution in [0.5, 0.6) is 0 Å². The van der Waals surface area contributed by atoms with Gasteiger partial charge in [0.15, 0.2) is 0 Å². The molecule has 0 saturated heterocycles. The molecule has 0 aliphatic carbocycles. The Kier molecular flexibility index (Phi) is 5.15.